The quantitative estimate of drug-likeness (QED) is 0.291. The first-order chi connectivity index (χ1) is 10.1. The average molecular weight is 417 g/mol. The fourth-order valence-corrected chi connectivity index (χ4v) is 4.26. The summed E-state index contributed by atoms with van der Waals surface area (Å²) >= 11 is 0. The first-order valence-corrected chi connectivity index (χ1v) is 9.40. The summed E-state index contributed by atoms with van der Waals surface area (Å²) in [6.07, 6.45) is 4.44. The van der Waals surface area contributed by atoms with Gasteiger partial charge in [-0.15, -0.1) is 9.13 Å². The molecule has 8 nitrogen and oxygen atoms in total. The van der Waals surface area contributed by atoms with Crippen LogP contribution in [0.3, 0.4) is 0 Å². The number of rotatable bonds is 4. The zero-order valence-corrected chi connectivity index (χ0v) is 15.6. The SMILES string of the molecule is CC([n+]1ccccc1-[n+]1ccccc1)(P(=O)(O)O)P(=O)(O)O.[Cl-].[Cl-]. The Kier molecular flexibility index (Phi) is 7.76. The van der Waals surface area contributed by atoms with Crippen molar-refractivity contribution in [2.45, 2.75) is 11.9 Å². The van der Waals surface area contributed by atoms with Crippen molar-refractivity contribution in [2.24, 2.45) is 0 Å². The van der Waals surface area contributed by atoms with Crippen LogP contribution < -0.4 is 33.9 Å². The van der Waals surface area contributed by atoms with Crippen LogP contribution in [0.4, 0.5) is 0 Å². The van der Waals surface area contributed by atoms with E-state index in [1.807, 2.05) is 0 Å². The van der Waals surface area contributed by atoms with Gasteiger partial charge in [0, 0.05) is 25.1 Å². The molecule has 0 radical (unpaired) electrons. The van der Waals surface area contributed by atoms with Crippen LogP contribution in [0.5, 0.6) is 0 Å². The van der Waals surface area contributed by atoms with Gasteiger partial charge in [-0.05, 0) is 6.07 Å². The minimum Gasteiger partial charge on any atom is -1.00 e. The minimum atomic E-state index is -5.19. The smallest absolute Gasteiger partial charge is 0.450 e. The standard InChI is InChI=1S/C12H14N2O6P2.2ClH/c1-12(21(15,16)17,22(18,19)20)14-10-6-3-7-11(14)13-8-4-2-5-9-13;;/h2-10H,1H3,(H2-2,15,16,17,18,19,20);2*1H. The molecule has 2 aromatic heterocycles. The zero-order chi connectivity index (χ0) is 16.6. The van der Waals surface area contributed by atoms with Crippen LogP contribution in [-0.2, 0) is 14.2 Å². The van der Waals surface area contributed by atoms with Crippen LogP contribution in [0.2, 0.25) is 0 Å². The van der Waals surface area contributed by atoms with Crippen molar-refractivity contribution in [3.8, 4) is 5.82 Å². The molecule has 0 fully saturated rings. The molecule has 2 rings (SSSR count). The molecular formula is C12H16Cl2N2O6P2. The zero-order valence-electron chi connectivity index (χ0n) is 12.3. The molecule has 4 N–H and O–H groups in total. The third-order valence-electron chi connectivity index (χ3n) is 3.38. The molecule has 2 aromatic rings. The van der Waals surface area contributed by atoms with Crippen molar-refractivity contribution in [1.29, 1.82) is 0 Å². The van der Waals surface area contributed by atoms with Crippen molar-refractivity contribution in [3.63, 3.8) is 0 Å². The summed E-state index contributed by atoms with van der Waals surface area (Å²) in [5.74, 6) is 0.206. The monoisotopic (exact) mass is 416 g/mol. The lowest BCUT2D eigenvalue weighted by Crippen LogP contribution is -3.00. The Hall–Kier alpha value is -0.820. The molecule has 12 heteroatoms. The van der Waals surface area contributed by atoms with Gasteiger partial charge in [-0.1, -0.05) is 6.07 Å². The van der Waals surface area contributed by atoms with E-state index in [1.165, 1.54) is 22.9 Å². The lowest BCUT2D eigenvalue weighted by atomic mass is 10.4. The highest BCUT2D eigenvalue weighted by Crippen LogP contribution is 2.69. The molecule has 0 atom stereocenters. The number of aromatic nitrogens is 2. The molecule has 134 valence electrons. The number of hydrogen-bond acceptors (Lipinski definition) is 2. The maximum absolute atomic E-state index is 11.9. The third-order valence-corrected chi connectivity index (χ3v) is 7.58. The van der Waals surface area contributed by atoms with Gasteiger partial charge in [-0.25, -0.2) is 0 Å². The van der Waals surface area contributed by atoms with Crippen LogP contribution in [0.1, 0.15) is 6.92 Å². The van der Waals surface area contributed by atoms with Gasteiger partial charge in [-0.2, -0.15) is 0 Å². The van der Waals surface area contributed by atoms with Crippen LogP contribution in [0.25, 0.3) is 5.82 Å². The van der Waals surface area contributed by atoms with Gasteiger partial charge in [0.2, 0.25) is 0 Å². The van der Waals surface area contributed by atoms with E-state index in [9.17, 15) is 28.7 Å². The van der Waals surface area contributed by atoms with Crippen LogP contribution in [0.15, 0.2) is 55.0 Å². The first kappa shape index (κ1) is 23.2. The molecule has 0 aliphatic carbocycles. The number of halogens is 2. The van der Waals surface area contributed by atoms with Gasteiger partial charge in [0.25, 0.3) is 0 Å². The molecule has 0 spiro atoms. The molecule has 0 aliphatic rings. The Morgan fingerprint density at radius 1 is 0.833 bits per heavy atom. The van der Waals surface area contributed by atoms with E-state index in [4.69, 9.17) is 0 Å². The second-order valence-corrected chi connectivity index (χ2v) is 9.04. The van der Waals surface area contributed by atoms with Gasteiger partial charge >= 0.3 is 26.0 Å². The maximum atomic E-state index is 11.9. The number of pyridine rings is 2. The summed E-state index contributed by atoms with van der Waals surface area (Å²) < 4.78 is 26.1. The Morgan fingerprint density at radius 2 is 1.29 bits per heavy atom. The van der Waals surface area contributed by atoms with E-state index in [2.05, 4.69) is 0 Å². The van der Waals surface area contributed by atoms with Crippen molar-refractivity contribution in [1.82, 2.24) is 0 Å². The van der Waals surface area contributed by atoms with Crippen molar-refractivity contribution in [2.75, 3.05) is 0 Å². The first-order valence-electron chi connectivity index (χ1n) is 6.18. The molecule has 0 unspecified atom stereocenters. The predicted octanol–water partition coefficient (Wildman–Crippen LogP) is -5.76. The van der Waals surface area contributed by atoms with E-state index < -0.39 is 20.2 Å². The average Bonchev–Trinajstić information content (AvgIpc) is 2.45. The minimum absolute atomic E-state index is 0. The molecule has 2 heterocycles. The molecule has 0 aromatic carbocycles. The largest absolute Gasteiger partial charge is 1.00 e. The van der Waals surface area contributed by atoms with Crippen molar-refractivity contribution < 1.29 is 62.7 Å². The lowest BCUT2D eigenvalue weighted by molar-refractivity contribution is -0.805. The summed E-state index contributed by atoms with van der Waals surface area (Å²) in [6.45, 7) is 0.849. The Bertz CT molecular complexity index is 758. The van der Waals surface area contributed by atoms with Gasteiger partial charge in [-0.3, -0.25) is 9.13 Å². The van der Waals surface area contributed by atoms with E-state index in [1.54, 1.807) is 36.7 Å². The van der Waals surface area contributed by atoms with E-state index in [-0.39, 0.29) is 30.6 Å². The molecule has 24 heavy (non-hydrogen) atoms. The highest BCUT2D eigenvalue weighted by Gasteiger charge is 2.67. The second-order valence-electron chi connectivity index (χ2n) is 4.77. The molecule has 0 aliphatic heterocycles. The highest BCUT2D eigenvalue weighted by molar-refractivity contribution is 7.70. The van der Waals surface area contributed by atoms with E-state index in [0.717, 1.165) is 11.5 Å². The summed E-state index contributed by atoms with van der Waals surface area (Å²) in [6, 6.07) is 9.66. The molecular weight excluding hydrogens is 401 g/mol. The normalized spacial score (nSPS) is 12.0. The van der Waals surface area contributed by atoms with Crippen molar-refractivity contribution >= 4 is 15.2 Å². The lowest BCUT2D eigenvalue weighted by Gasteiger charge is -2.25. The summed E-state index contributed by atoms with van der Waals surface area (Å²) in [4.78, 5) is 38.3. The molecule has 0 bridgehead atoms. The third kappa shape index (κ3) is 4.04. The molecule has 0 saturated heterocycles. The summed E-state index contributed by atoms with van der Waals surface area (Å²) in [7, 11) is -10.4. The van der Waals surface area contributed by atoms with Gasteiger partial charge < -0.3 is 44.4 Å². The maximum Gasteiger partial charge on any atom is 0.450 e. The van der Waals surface area contributed by atoms with Crippen molar-refractivity contribution in [3.05, 3.63) is 55.0 Å². The molecule has 0 saturated carbocycles. The number of hydrogen-bond donors (Lipinski definition) is 4. The Balaban J connectivity index is 0.00000264. The Morgan fingerprint density at radius 3 is 1.75 bits per heavy atom. The number of nitrogens with zero attached hydrogens (tertiary/aromatic N) is 2. The van der Waals surface area contributed by atoms with Crippen LogP contribution in [0, 0.1) is 0 Å². The van der Waals surface area contributed by atoms with E-state index >= 15 is 0 Å². The van der Waals surface area contributed by atoms with E-state index in [0.29, 0.717) is 0 Å². The topological polar surface area (TPSA) is 123 Å². The highest BCUT2D eigenvalue weighted by atomic mass is 35.5. The Labute approximate surface area is 150 Å². The van der Waals surface area contributed by atoms with Crippen LogP contribution in [-0.4, -0.2) is 19.6 Å². The van der Waals surface area contributed by atoms with Gasteiger partial charge in [0.05, 0.1) is 6.07 Å². The fourth-order valence-electron chi connectivity index (χ4n) is 2.00. The fraction of sp³-hybridized carbons (Fsp3) is 0.167. The molecule has 0 amide bonds. The summed E-state index contributed by atoms with van der Waals surface area (Å²) in [5.41, 5.74) is 0. The predicted molar refractivity (Wildman–Crippen MR) is 75.9 cm³/mol. The van der Waals surface area contributed by atoms with Crippen LogP contribution >= 0.6 is 15.2 Å². The second kappa shape index (κ2) is 8.04. The van der Waals surface area contributed by atoms with Gasteiger partial charge in [0.1, 0.15) is 0 Å². The summed E-state index contributed by atoms with van der Waals surface area (Å²) in [5, 5.41) is -2.71. The van der Waals surface area contributed by atoms with Gasteiger partial charge in [0.15, 0.2) is 18.6 Å².